The molecule has 10 heteroatoms. The van der Waals surface area contributed by atoms with Crippen molar-refractivity contribution in [3.63, 3.8) is 0 Å². The first-order valence-corrected chi connectivity index (χ1v) is 12.8. The van der Waals surface area contributed by atoms with Gasteiger partial charge in [0.1, 0.15) is 5.75 Å². The van der Waals surface area contributed by atoms with Crippen LogP contribution in [0, 0.1) is 0 Å². The Balaban J connectivity index is 0.00000420. The smallest absolute Gasteiger partial charge is 0.446 e. The Morgan fingerprint density at radius 1 is 1.08 bits per heavy atom. The Morgan fingerprint density at radius 3 is 2.38 bits per heavy atom. The van der Waals surface area contributed by atoms with Crippen molar-refractivity contribution >= 4 is 29.6 Å². The van der Waals surface area contributed by atoms with E-state index < -0.39 is 10.9 Å². The van der Waals surface area contributed by atoms with Crippen LogP contribution in [0.5, 0.6) is 5.75 Å². The number of hydrogen-bond acceptors (Lipinski definition) is 5. The van der Waals surface area contributed by atoms with Crippen LogP contribution in [0.2, 0.25) is 0 Å². The van der Waals surface area contributed by atoms with E-state index in [1.807, 2.05) is 37.3 Å². The number of nitrogens with zero attached hydrogens (tertiary/aromatic N) is 3. The first kappa shape index (κ1) is 30.3. The van der Waals surface area contributed by atoms with Gasteiger partial charge in [0.2, 0.25) is 5.90 Å². The fourth-order valence-electron chi connectivity index (χ4n) is 4.74. The van der Waals surface area contributed by atoms with Crippen LogP contribution in [0.15, 0.2) is 99.7 Å². The van der Waals surface area contributed by atoms with Crippen LogP contribution in [0.4, 0.5) is 18.9 Å². The Labute approximate surface area is 240 Å². The number of fused-ring (bicyclic) bond motifs is 1. The van der Waals surface area contributed by atoms with Gasteiger partial charge in [0.25, 0.3) is 0 Å². The van der Waals surface area contributed by atoms with E-state index in [1.165, 1.54) is 12.1 Å². The van der Waals surface area contributed by atoms with E-state index in [0.717, 1.165) is 28.3 Å². The van der Waals surface area contributed by atoms with Crippen molar-refractivity contribution in [2.75, 3.05) is 18.6 Å². The molecule has 1 radical (unpaired) electrons. The average molecular weight is 599 g/mol. The third-order valence-corrected chi connectivity index (χ3v) is 7.20. The van der Waals surface area contributed by atoms with Gasteiger partial charge < -0.3 is 14.7 Å². The van der Waals surface area contributed by atoms with Crippen molar-refractivity contribution in [3.8, 4) is 5.75 Å². The molecule has 0 aliphatic carbocycles. The molecule has 0 saturated carbocycles. The molecular formula is C29H28CoF3N3O2S. The zero-order valence-electron chi connectivity index (χ0n) is 21.6. The van der Waals surface area contributed by atoms with Crippen LogP contribution in [0.1, 0.15) is 30.5 Å². The fraction of sp³-hybridized carbons (Fsp3) is 0.241. The van der Waals surface area contributed by atoms with Crippen molar-refractivity contribution in [1.29, 1.82) is 0 Å². The molecule has 0 bridgehead atoms. The standard InChI is InChI=1S/C29H28F3N3O2S.Co/c1-4-35-25-15-12-22(37-3)18-24(25)28(2,19-20-10-13-23(14-11-20)38-29(30,31)32)26(35)16-17-33-34-27(36)21-8-6-5-7-9-21;/h5-18H,4,19H2,1-3H3,(H,34,36);/b26-16-,33-17+;. The molecule has 0 saturated heterocycles. The Morgan fingerprint density at radius 2 is 1.77 bits per heavy atom. The summed E-state index contributed by atoms with van der Waals surface area (Å²) in [5.41, 5.74) is -0.384. The Bertz CT molecular complexity index is 1360. The second kappa shape index (κ2) is 12.8. The normalized spacial score (nSPS) is 18.4. The van der Waals surface area contributed by atoms with E-state index in [9.17, 15) is 18.3 Å². The molecule has 1 aliphatic rings. The first-order valence-electron chi connectivity index (χ1n) is 12.0. The molecule has 3 aromatic rings. The second-order valence-corrected chi connectivity index (χ2v) is 10.1. The summed E-state index contributed by atoms with van der Waals surface area (Å²) < 4.78 is 43.9. The molecule has 1 unspecified atom stereocenters. The molecule has 1 N–H and O–H groups in total. The zero-order chi connectivity index (χ0) is 27.3. The molecule has 1 aliphatic heterocycles. The van der Waals surface area contributed by atoms with E-state index in [-0.39, 0.29) is 39.3 Å². The quantitative estimate of drug-likeness (QED) is 0.126. The molecule has 1 heterocycles. The Kier molecular flexibility index (Phi) is 9.92. The van der Waals surface area contributed by atoms with E-state index >= 15 is 0 Å². The number of benzene rings is 3. The largest absolute Gasteiger partial charge is 0.497 e. The van der Waals surface area contributed by atoms with Crippen molar-refractivity contribution < 1.29 is 39.8 Å². The predicted octanol–water partition coefficient (Wildman–Crippen LogP) is 7.52. The average Bonchev–Trinajstić information content (AvgIpc) is 3.13. The van der Waals surface area contributed by atoms with Gasteiger partial charge in [-0.25, -0.2) is 0 Å². The van der Waals surface area contributed by atoms with Crippen LogP contribution in [0.25, 0.3) is 0 Å². The Hall–Kier alpha value is -3.21. The van der Waals surface area contributed by atoms with E-state index in [4.69, 9.17) is 4.74 Å². The maximum Gasteiger partial charge on any atom is 0.446 e. The number of methoxy groups -OCH3 is 1. The van der Waals surface area contributed by atoms with Crippen LogP contribution in [0.3, 0.4) is 0 Å². The topological polar surface area (TPSA) is 57.4 Å². The van der Waals surface area contributed by atoms with Crippen molar-refractivity contribution in [3.05, 3.63) is 101 Å². The summed E-state index contributed by atoms with van der Waals surface area (Å²) in [5.74, 6) is 0.530. The maximum atomic E-state index is 12.8. The van der Waals surface area contributed by atoms with Gasteiger partial charge >= 0.3 is 5.51 Å². The second-order valence-electron chi connectivity index (χ2n) is 8.93. The van der Waals surface area contributed by atoms with Crippen LogP contribution >= 0.6 is 11.8 Å². The number of ether oxygens (including phenoxy) is 1. The zero-order valence-corrected chi connectivity index (χ0v) is 23.4. The molecule has 0 spiro atoms. The molecule has 4 rings (SSSR count). The van der Waals surface area contributed by atoms with Gasteiger partial charge in [-0.3, -0.25) is 0 Å². The first-order chi connectivity index (χ1) is 18.1. The molecule has 0 amide bonds. The molecule has 0 aromatic heterocycles. The van der Waals surface area contributed by atoms with Crippen LogP contribution in [-0.4, -0.2) is 36.4 Å². The van der Waals surface area contributed by atoms with E-state index in [0.29, 0.717) is 18.5 Å². The van der Waals surface area contributed by atoms with Crippen LogP contribution in [-0.2, 0) is 28.6 Å². The number of hydrogen-bond donors (Lipinski definition) is 1. The minimum Gasteiger partial charge on any atom is -0.497 e. The SMILES string of the molecule is CCN1\C(=C/C=N/N=C(\O)c2ccccc2)C(C)(Cc2ccc(SC(F)(F)F)cc2)c2cc(OC)ccc21.[Co]. The number of anilines is 1. The number of thioether (sulfide) groups is 1. The monoisotopic (exact) mass is 598 g/mol. The van der Waals surface area contributed by atoms with Gasteiger partial charge in [0, 0.05) is 50.6 Å². The molecule has 0 fully saturated rings. The maximum absolute atomic E-state index is 12.8. The van der Waals surface area contributed by atoms with Gasteiger partial charge in [-0.05, 0) is 91.7 Å². The molecule has 1 atom stereocenters. The minimum atomic E-state index is -4.33. The van der Waals surface area contributed by atoms with E-state index in [2.05, 4.69) is 22.0 Å². The van der Waals surface area contributed by atoms with Gasteiger partial charge in [0.15, 0.2) is 0 Å². The number of rotatable bonds is 8. The summed E-state index contributed by atoms with van der Waals surface area (Å²) in [6.45, 7) is 4.84. The summed E-state index contributed by atoms with van der Waals surface area (Å²) in [4.78, 5) is 2.32. The van der Waals surface area contributed by atoms with Crippen LogP contribution < -0.4 is 9.64 Å². The molecular weight excluding hydrogens is 570 g/mol. The molecule has 3 aromatic carbocycles. The van der Waals surface area contributed by atoms with Gasteiger partial charge in [-0.2, -0.15) is 18.3 Å². The number of halogens is 3. The van der Waals surface area contributed by atoms with Gasteiger partial charge in [-0.15, -0.1) is 5.10 Å². The van der Waals surface area contributed by atoms with E-state index in [1.54, 1.807) is 49.7 Å². The third kappa shape index (κ3) is 7.06. The fourth-order valence-corrected chi connectivity index (χ4v) is 5.28. The summed E-state index contributed by atoms with van der Waals surface area (Å²) >= 11 is -0.123. The summed E-state index contributed by atoms with van der Waals surface area (Å²) in [6, 6.07) is 21.3. The number of aliphatic hydroxyl groups excluding tert-OH is 1. The number of likely N-dealkylation sites (N-methyl/N-ethyl adjacent to an activating group) is 1. The summed E-state index contributed by atoms with van der Waals surface area (Å²) in [7, 11) is 1.61. The van der Waals surface area contributed by atoms with Gasteiger partial charge in [0.05, 0.1) is 13.3 Å². The number of alkyl halides is 3. The van der Waals surface area contributed by atoms with Gasteiger partial charge in [-0.1, -0.05) is 30.3 Å². The minimum absolute atomic E-state index is 0. The molecule has 5 nitrogen and oxygen atoms in total. The van der Waals surface area contributed by atoms with Crippen molar-refractivity contribution in [2.24, 2.45) is 10.2 Å². The van der Waals surface area contributed by atoms with Crippen molar-refractivity contribution in [1.82, 2.24) is 0 Å². The number of allylic oxidation sites excluding steroid dienone is 2. The summed E-state index contributed by atoms with van der Waals surface area (Å²) in [6.07, 6.45) is 3.95. The summed E-state index contributed by atoms with van der Waals surface area (Å²) in [5, 5.41) is 18.2. The third-order valence-electron chi connectivity index (χ3n) is 6.46. The number of aliphatic hydroxyl groups is 1. The molecule has 39 heavy (non-hydrogen) atoms. The molecule has 207 valence electrons. The van der Waals surface area contributed by atoms with Crippen molar-refractivity contribution in [2.45, 2.75) is 36.1 Å². The predicted molar refractivity (Wildman–Crippen MR) is 148 cm³/mol.